The minimum atomic E-state index is 0.0575. The fourth-order valence-corrected chi connectivity index (χ4v) is 3.37. The Bertz CT molecular complexity index is 727. The van der Waals surface area contributed by atoms with Crippen LogP contribution in [0, 0.1) is 6.92 Å². The predicted molar refractivity (Wildman–Crippen MR) is 103 cm³/mol. The van der Waals surface area contributed by atoms with Gasteiger partial charge in [0.2, 0.25) is 0 Å². The third-order valence-corrected chi connectivity index (χ3v) is 5.20. The summed E-state index contributed by atoms with van der Waals surface area (Å²) in [5.41, 5.74) is 2.41. The van der Waals surface area contributed by atoms with Crippen molar-refractivity contribution in [1.29, 1.82) is 0 Å². The molecule has 1 fully saturated rings. The van der Waals surface area contributed by atoms with E-state index >= 15 is 0 Å². The first kappa shape index (κ1) is 18.0. The van der Waals surface area contributed by atoms with Crippen LogP contribution in [0.2, 0.25) is 0 Å². The van der Waals surface area contributed by atoms with E-state index in [9.17, 15) is 4.79 Å². The number of ether oxygens (including phenoxy) is 1. The summed E-state index contributed by atoms with van der Waals surface area (Å²) in [5, 5.41) is 0. The van der Waals surface area contributed by atoms with Crippen LogP contribution in [0.3, 0.4) is 0 Å². The molecule has 0 bridgehead atoms. The Morgan fingerprint density at radius 2 is 1.84 bits per heavy atom. The Morgan fingerprint density at radius 1 is 1.08 bits per heavy atom. The number of halogens is 1. The maximum atomic E-state index is 12.4. The molecule has 0 saturated carbocycles. The van der Waals surface area contributed by atoms with Crippen LogP contribution in [0.15, 0.2) is 53.0 Å². The smallest absolute Gasteiger partial charge is 0.260 e. The Labute approximate surface area is 157 Å². The molecule has 4 nitrogen and oxygen atoms in total. The summed E-state index contributed by atoms with van der Waals surface area (Å²) in [6, 6.07) is 16.1. The Kier molecular flexibility index (Phi) is 6.10. The normalized spacial score (nSPS) is 15.2. The van der Waals surface area contributed by atoms with Crippen molar-refractivity contribution in [2.75, 3.05) is 32.8 Å². The standard InChI is InChI=1S/C20H23BrN2O2/c1-16-5-4-7-18(13-16)25-15-20(24)23-11-9-22(10-12-23)14-17-6-2-3-8-19(17)21/h2-8,13H,9-12,14-15H2,1H3. The lowest BCUT2D eigenvalue weighted by Gasteiger charge is -2.34. The summed E-state index contributed by atoms with van der Waals surface area (Å²) in [5.74, 6) is 0.808. The van der Waals surface area contributed by atoms with Gasteiger partial charge in [-0.3, -0.25) is 9.69 Å². The maximum Gasteiger partial charge on any atom is 0.260 e. The van der Waals surface area contributed by atoms with Gasteiger partial charge < -0.3 is 9.64 Å². The van der Waals surface area contributed by atoms with Crippen LogP contribution < -0.4 is 4.74 Å². The molecule has 2 aromatic rings. The van der Waals surface area contributed by atoms with Crippen molar-refractivity contribution in [1.82, 2.24) is 9.80 Å². The second kappa shape index (κ2) is 8.50. The van der Waals surface area contributed by atoms with Crippen molar-refractivity contribution < 1.29 is 9.53 Å². The Balaban J connectivity index is 1.45. The number of hydrogen-bond donors (Lipinski definition) is 0. The van der Waals surface area contributed by atoms with Gasteiger partial charge in [-0.15, -0.1) is 0 Å². The van der Waals surface area contributed by atoms with Gasteiger partial charge >= 0.3 is 0 Å². The summed E-state index contributed by atoms with van der Waals surface area (Å²) >= 11 is 3.60. The van der Waals surface area contributed by atoms with Crippen molar-refractivity contribution in [2.45, 2.75) is 13.5 Å². The Hall–Kier alpha value is -1.85. The highest BCUT2D eigenvalue weighted by atomic mass is 79.9. The van der Waals surface area contributed by atoms with Gasteiger partial charge in [0.15, 0.2) is 6.61 Å². The first-order valence-corrected chi connectivity index (χ1v) is 9.34. The third-order valence-electron chi connectivity index (χ3n) is 4.43. The number of nitrogens with zero attached hydrogens (tertiary/aromatic N) is 2. The van der Waals surface area contributed by atoms with Gasteiger partial charge in [-0.05, 0) is 36.2 Å². The molecular weight excluding hydrogens is 380 g/mol. The largest absolute Gasteiger partial charge is 0.484 e. The van der Waals surface area contributed by atoms with E-state index in [1.54, 1.807) is 0 Å². The van der Waals surface area contributed by atoms with Crippen LogP contribution in [-0.2, 0) is 11.3 Å². The average molecular weight is 403 g/mol. The van der Waals surface area contributed by atoms with Gasteiger partial charge in [-0.1, -0.05) is 46.3 Å². The topological polar surface area (TPSA) is 32.8 Å². The molecule has 1 amide bonds. The highest BCUT2D eigenvalue weighted by Gasteiger charge is 2.21. The van der Waals surface area contributed by atoms with Crippen LogP contribution in [-0.4, -0.2) is 48.5 Å². The van der Waals surface area contributed by atoms with Gasteiger partial charge in [0, 0.05) is 37.2 Å². The minimum absolute atomic E-state index is 0.0575. The number of carbonyl (C=O) groups is 1. The van der Waals surface area contributed by atoms with E-state index in [4.69, 9.17) is 4.74 Å². The molecule has 1 aliphatic rings. The van der Waals surface area contributed by atoms with Crippen molar-refractivity contribution in [3.8, 4) is 5.75 Å². The number of rotatable bonds is 5. The van der Waals surface area contributed by atoms with Gasteiger partial charge in [0.1, 0.15) is 5.75 Å². The molecule has 0 radical (unpaired) electrons. The first-order chi connectivity index (χ1) is 12.1. The fourth-order valence-electron chi connectivity index (χ4n) is 2.96. The van der Waals surface area contributed by atoms with E-state index in [0.29, 0.717) is 0 Å². The van der Waals surface area contributed by atoms with Crippen LogP contribution in [0.4, 0.5) is 0 Å². The summed E-state index contributed by atoms with van der Waals surface area (Å²) in [6.45, 7) is 6.30. The lowest BCUT2D eigenvalue weighted by atomic mass is 10.2. The predicted octanol–water partition coefficient (Wildman–Crippen LogP) is 3.48. The van der Waals surface area contributed by atoms with E-state index in [0.717, 1.165) is 48.5 Å². The van der Waals surface area contributed by atoms with Gasteiger partial charge in [0.25, 0.3) is 5.91 Å². The van der Waals surface area contributed by atoms with Crippen molar-refractivity contribution >= 4 is 21.8 Å². The number of amides is 1. The summed E-state index contributed by atoms with van der Waals surface area (Å²) in [6.07, 6.45) is 0. The molecule has 0 spiro atoms. The second-order valence-corrected chi connectivity index (χ2v) is 7.21. The second-order valence-electron chi connectivity index (χ2n) is 6.35. The molecule has 0 atom stereocenters. The van der Waals surface area contributed by atoms with E-state index in [2.05, 4.69) is 39.0 Å². The average Bonchev–Trinajstić information content (AvgIpc) is 2.62. The monoisotopic (exact) mass is 402 g/mol. The molecule has 3 rings (SSSR count). The molecular formula is C20H23BrN2O2. The number of piperazine rings is 1. The summed E-state index contributed by atoms with van der Waals surface area (Å²) in [4.78, 5) is 16.6. The third kappa shape index (κ3) is 5.06. The van der Waals surface area contributed by atoms with Crippen LogP contribution in [0.25, 0.3) is 0 Å². The zero-order valence-corrected chi connectivity index (χ0v) is 16.0. The molecule has 132 valence electrons. The zero-order valence-electron chi connectivity index (χ0n) is 14.5. The van der Waals surface area contributed by atoms with Gasteiger partial charge in [-0.25, -0.2) is 0 Å². The van der Waals surface area contributed by atoms with Crippen molar-refractivity contribution in [3.63, 3.8) is 0 Å². The zero-order chi connectivity index (χ0) is 17.6. The number of hydrogen-bond acceptors (Lipinski definition) is 3. The first-order valence-electron chi connectivity index (χ1n) is 8.55. The molecule has 1 saturated heterocycles. The van der Waals surface area contributed by atoms with E-state index in [1.807, 2.05) is 42.2 Å². The molecule has 0 unspecified atom stereocenters. The molecule has 0 N–H and O–H groups in total. The molecule has 2 aromatic carbocycles. The summed E-state index contributed by atoms with van der Waals surface area (Å²) in [7, 11) is 0. The van der Waals surface area contributed by atoms with E-state index < -0.39 is 0 Å². The highest BCUT2D eigenvalue weighted by molar-refractivity contribution is 9.10. The molecule has 1 heterocycles. The molecule has 0 aliphatic carbocycles. The van der Waals surface area contributed by atoms with E-state index in [1.165, 1.54) is 5.56 Å². The van der Waals surface area contributed by atoms with Crippen molar-refractivity contribution in [2.24, 2.45) is 0 Å². The molecule has 1 aliphatic heterocycles. The van der Waals surface area contributed by atoms with Crippen LogP contribution in [0.1, 0.15) is 11.1 Å². The van der Waals surface area contributed by atoms with Gasteiger partial charge in [-0.2, -0.15) is 0 Å². The fraction of sp³-hybridized carbons (Fsp3) is 0.350. The quantitative estimate of drug-likeness (QED) is 0.767. The van der Waals surface area contributed by atoms with Crippen molar-refractivity contribution in [3.05, 3.63) is 64.1 Å². The van der Waals surface area contributed by atoms with E-state index in [-0.39, 0.29) is 12.5 Å². The summed E-state index contributed by atoms with van der Waals surface area (Å²) < 4.78 is 6.77. The number of benzene rings is 2. The maximum absolute atomic E-state index is 12.4. The van der Waals surface area contributed by atoms with Crippen LogP contribution >= 0.6 is 15.9 Å². The van der Waals surface area contributed by atoms with Crippen LogP contribution in [0.5, 0.6) is 5.75 Å². The van der Waals surface area contributed by atoms with Gasteiger partial charge in [0.05, 0.1) is 0 Å². The lowest BCUT2D eigenvalue weighted by Crippen LogP contribution is -2.49. The number of carbonyl (C=O) groups excluding carboxylic acids is 1. The molecule has 25 heavy (non-hydrogen) atoms. The SMILES string of the molecule is Cc1cccc(OCC(=O)N2CCN(Cc3ccccc3Br)CC2)c1. The Morgan fingerprint density at radius 3 is 2.56 bits per heavy atom. The number of aryl methyl sites for hydroxylation is 1. The highest BCUT2D eigenvalue weighted by Crippen LogP contribution is 2.19. The lowest BCUT2D eigenvalue weighted by molar-refractivity contribution is -0.135. The minimum Gasteiger partial charge on any atom is -0.484 e. The molecule has 5 heteroatoms. The molecule has 0 aromatic heterocycles.